The second-order valence-electron chi connectivity index (χ2n) is 5.11. The van der Waals surface area contributed by atoms with Crippen LogP contribution < -0.4 is 5.32 Å². The lowest BCUT2D eigenvalue weighted by molar-refractivity contribution is -0.0963. The van der Waals surface area contributed by atoms with Gasteiger partial charge in [-0.05, 0) is 25.1 Å². The second-order valence-corrected chi connectivity index (χ2v) is 6.25. The Labute approximate surface area is 148 Å². The fourth-order valence-corrected chi connectivity index (χ4v) is 3.18. The summed E-state index contributed by atoms with van der Waals surface area (Å²) in [4.78, 5) is 36.6. The Morgan fingerprint density at radius 3 is 2.84 bits per heavy atom. The van der Waals surface area contributed by atoms with Gasteiger partial charge in [-0.25, -0.2) is 4.79 Å². The maximum Gasteiger partial charge on any atom is 0.356 e. The normalized spacial score (nSPS) is 14.9. The van der Waals surface area contributed by atoms with Gasteiger partial charge in [0.2, 0.25) is 18.0 Å². The molecule has 3 N–H and O–H groups in total. The van der Waals surface area contributed by atoms with E-state index in [0.717, 1.165) is 12.8 Å². The Morgan fingerprint density at radius 1 is 1.40 bits per heavy atom. The van der Waals surface area contributed by atoms with Crippen LogP contribution in [0.25, 0.3) is 0 Å². The van der Waals surface area contributed by atoms with E-state index in [2.05, 4.69) is 25.0 Å². The van der Waals surface area contributed by atoms with Crippen LogP contribution in [0.2, 0.25) is 0 Å². The highest BCUT2D eigenvalue weighted by Crippen LogP contribution is 2.30. The Morgan fingerprint density at radius 2 is 2.16 bits per heavy atom. The Kier molecular flexibility index (Phi) is 6.88. The molecule has 1 aliphatic carbocycles. The minimum atomic E-state index is -0.996. The SMILES string of the molecule is COC(=O)c1[nH]nc2c1C(=O)C(SCCCCNC(O)OC)=CC2=O. The van der Waals surface area contributed by atoms with Crippen LogP contribution in [0.4, 0.5) is 0 Å². The summed E-state index contributed by atoms with van der Waals surface area (Å²) in [5.74, 6) is -0.977. The van der Waals surface area contributed by atoms with Crippen molar-refractivity contribution in [1.82, 2.24) is 15.5 Å². The zero-order chi connectivity index (χ0) is 18.4. The summed E-state index contributed by atoms with van der Waals surface area (Å²) >= 11 is 1.24. The van der Waals surface area contributed by atoms with Crippen molar-refractivity contribution in [3.05, 3.63) is 27.9 Å². The number of H-pyrrole nitrogens is 1. The van der Waals surface area contributed by atoms with E-state index in [1.807, 2.05) is 0 Å². The fourth-order valence-electron chi connectivity index (χ4n) is 2.19. The number of nitrogens with zero attached hydrogens (tertiary/aromatic N) is 1. The molecule has 0 aliphatic heterocycles. The molecule has 1 atom stereocenters. The number of hydrogen-bond donors (Lipinski definition) is 3. The van der Waals surface area contributed by atoms with Gasteiger partial charge in [0.05, 0.1) is 17.6 Å². The summed E-state index contributed by atoms with van der Waals surface area (Å²) in [6.07, 6.45) is 1.76. The highest BCUT2D eigenvalue weighted by Gasteiger charge is 2.34. The molecule has 1 aromatic heterocycles. The highest BCUT2D eigenvalue weighted by atomic mass is 32.2. The number of carbonyl (C=O) groups excluding carboxylic acids is 3. The molecule has 1 aromatic rings. The van der Waals surface area contributed by atoms with Crippen LogP contribution in [0.3, 0.4) is 0 Å². The van der Waals surface area contributed by atoms with Crippen molar-refractivity contribution in [2.24, 2.45) is 0 Å². The molecule has 0 fully saturated rings. The van der Waals surface area contributed by atoms with Gasteiger partial charge in [0.15, 0.2) is 5.69 Å². The Bertz CT molecular complexity index is 699. The van der Waals surface area contributed by atoms with E-state index in [9.17, 15) is 14.4 Å². The van der Waals surface area contributed by atoms with Gasteiger partial charge in [0, 0.05) is 13.2 Å². The molecular formula is C15H19N3O6S. The van der Waals surface area contributed by atoms with Gasteiger partial charge in [0.1, 0.15) is 5.69 Å². The molecule has 25 heavy (non-hydrogen) atoms. The lowest BCUT2D eigenvalue weighted by atomic mass is 9.99. The molecule has 0 bridgehead atoms. The number of methoxy groups -OCH3 is 2. The van der Waals surface area contributed by atoms with Crippen molar-refractivity contribution in [3.8, 4) is 0 Å². The van der Waals surface area contributed by atoms with Crippen LogP contribution in [0.1, 0.15) is 44.2 Å². The molecular weight excluding hydrogens is 350 g/mol. The predicted octanol–water partition coefficient (Wildman–Crippen LogP) is 0.484. The van der Waals surface area contributed by atoms with Crippen molar-refractivity contribution >= 4 is 29.3 Å². The largest absolute Gasteiger partial charge is 0.464 e. The van der Waals surface area contributed by atoms with E-state index < -0.39 is 23.9 Å². The fraction of sp³-hybridized carbons (Fsp3) is 0.467. The molecule has 136 valence electrons. The van der Waals surface area contributed by atoms with Crippen molar-refractivity contribution in [2.45, 2.75) is 19.3 Å². The number of esters is 1. The molecule has 0 spiro atoms. The van der Waals surface area contributed by atoms with Crippen molar-refractivity contribution < 1.29 is 29.0 Å². The summed E-state index contributed by atoms with van der Waals surface area (Å²) in [6, 6.07) is 0. The van der Waals surface area contributed by atoms with Gasteiger partial charge < -0.3 is 14.6 Å². The smallest absolute Gasteiger partial charge is 0.356 e. The van der Waals surface area contributed by atoms with Gasteiger partial charge in [-0.2, -0.15) is 5.10 Å². The summed E-state index contributed by atoms with van der Waals surface area (Å²) < 4.78 is 9.24. The van der Waals surface area contributed by atoms with Crippen LogP contribution in [0, 0.1) is 0 Å². The number of allylic oxidation sites excluding steroid dienone is 2. The topological polar surface area (TPSA) is 131 Å². The number of aliphatic hydroxyl groups excluding tert-OH is 1. The van der Waals surface area contributed by atoms with E-state index in [1.54, 1.807) is 0 Å². The molecule has 10 heteroatoms. The molecule has 0 saturated carbocycles. The minimum Gasteiger partial charge on any atom is -0.464 e. The average molecular weight is 369 g/mol. The number of aromatic nitrogens is 2. The van der Waals surface area contributed by atoms with Crippen molar-refractivity contribution in [3.63, 3.8) is 0 Å². The Balaban J connectivity index is 1.93. The number of hydrogen-bond acceptors (Lipinski definition) is 9. The number of thioether (sulfide) groups is 1. The molecule has 1 unspecified atom stereocenters. The molecule has 1 aliphatic rings. The number of nitrogens with one attached hydrogen (secondary N) is 2. The van der Waals surface area contributed by atoms with Crippen molar-refractivity contribution in [2.75, 3.05) is 26.5 Å². The van der Waals surface area contributed by atoms with E-state index in [-0.39, 0.29) is 21.9 Å². The van der Waals surface area contributed by atoms with Gasteiger partial charge in [-0.3, -0.25) is 20.0 Å². The van der Waals surface area contributed by atoms with Crippen LogP contribution in [0.5, 0.6) is 0 Å². The standard InChI is InChI=1S/C15H19N3O6S/c1-23-14(21)12-10-11(17-18-12)8(19)7-9(13(10)20)25-6-4-3-5-16-15(22)24-2/h7,15-16,22H,3-6H2,1-2H3,(H,17,18). The maximum atomic E-state index is 12.5. The molecule has 0 aromatic carbocycles. The number of unbranched alkanes of at least 4 members (excludes halogenated alkanes) is 1. The third-order valence-corrected chi connectivity index (χ3v) is 4.58. The van der Waals surface area contributed by atoms with Crippen LogP contribution >= 0.6 is 11.8 Å². The number of fused-ring (bicyclic) bond motifs is 1. The average Bonchev–Trinajstić information content (AvgIpc) is 3.06. The summed E-state index contributed by atoms with van der Waals surface area (Å²) in [7, 11) is 2.57. The third kappa shape index (κ3) is 4.54. The van der Waals surface area contributed by atoms with E-state index in [1.165, 1.54) is 32.1 Å². The number of Topliss-reactive ketones (excluding diaryl/α,β-unsaturated/α-hetero) is 1. The summed E-state index contributed by atoms with van der Waals surface area (Å²) in [5.41, 5.74) is -0.209. The molecule has 1 heterocycles. The van der Waals surface area contributed by atoms with E-state index in [0.29, 0.717) is 12.3 Å². The molecule has 9 nitrogen and oxygen atoms in total. The highest BCUT2D eigenvalue weighted by molar-refractivity contribution is 8.04. The zero-order valence-electron chi connectivity index (χ0n) is 13.8. The Hall–Kier alpha value is -2.01. The number of rotatable bonds is 9. The molecule has 0 amide bonds. The van der Waals surface area contributed by atoms with Crippen LogP contribution in [-0.2, 0) is 9.47 Å². The molecule has 0 radical (unpaired) electrons. The van der Waals surface area contributed by atoms with Gasteiger partial charge in [-0.15, -0.1) is 11.8 Å². The number of ether oxygens (including phenoxy) is 2. The number of carbonyl (C=O) groups is 3. The van der Waals surface area contributed by atoms with Crippen molar-refractivity contribution in [1.29, 1.82) is 0 Å². The van der Waals surface area contributed by atoms with Gasteiger partial charge in [-0.1, -0.05) is 0 Å². The first kappa shape index (κ1) is 19.3. The first-order valence-corrected chi connectivity index (χ1v) is 8.52. The molecule has 2 rings (SSSR count). The quantitative estimate of drug-likeness (QED) is 0.323. The maximum absolute atomic E-state index is 12.5. The summed E-state index contributed by atoms with van der Waals surface area (Å²) in [5, 5.41) is 18.1. The number of aromatic amines is 1. The summed E-state index contributed by atoms with van der Waals surface area (Å²) in [6.45, 7) is 0.555. The van der Waals surface area contributed by atoms with Crippen LogP contribution in [0.15, 0.2) is 11.0 Å². The second kappa shape index (κ2) is 8.90. The third-order valence-electron chi connectivity index (χ3n) is 3.47. The number of ketones is 2. The van der Waals surface area contributed by atoms with Crippen LogP contribution in [-0.4, -0.2) is 65.8 Å². The lowest BCUT2D eigenvalue weighted by Gasteiger charge is -2.12. The monoisotopic (exact) mass is 369 g/mol. The minimum absolute atomic E-state index is 0.0354. The predicted molar refractivity (Wildman–Crippen MR) is 89.4 cm³/mol. The zero-order valence-corrected chi connectivity index (χ0v) is 14.6. The lowest BCUT2D eigenvalue weighted by Crippen LogP contribution is -2.31. The first-order valence-electron chi connectivity index (χ1n) is 7.54. The number of aliphatic hydroxyl groups is 1. The van der Waals surface area contributed by atoms with E-state index in [4.69, 9.17) is 5.11 Å². The van der Waals surface area contributed by atoms with E-state index >= 15 is 0 Å². The first-order chi connectivity index (χ1) is 12.0. The van der Waals surface area contributed by atoms with Gasteiger partial charge >= 0.3 is 5.97 Å². The van der Waals surface area contributed by atoms with Gasteiger partial charge in [0.25, 0.3) is 0 Å². The molecule has 0 saturated heterocycles.